The molecule has 2 aliphatic rings. The Morgan fingerprint density at radius 3 is 2.40 bits per heavy atom. The molecule has 8 heteroatoms. The summed E-state index contributed by atoms with van der Waals surface area (Å²) in [7, 11) is 1.64. The minimum atomic E-state index is -0.752. The lowest BCUT2D eigenvalue weighted by Gasteiger charge is -2.34. The molecule has 2 aromatic carbocycles. The van der Waals surface area contributed by atoms with E-state index in [2.05, 4.69) is 5.32 Å². The van der Waals surface area contributed by atoms with Gasteiger partial charge in [0.25, 0.3) is 0 Å². The fourth-order valence-electron chi connectivity index (χ4n) is 5.88. The second-order valence-corrected chi connectivity index (χ2v) is 11.8. The largest absolute Gasteiger partial charge is 0.493 e. The molecule has 0 radical (unpaired) electrons. The Morgan fingerprint density at radius 2 is 1.77 bits per heavy atom. The molecule has 2 aromatic rings. The predicted octanol–water partition coefficient (Wildman–Crippen LogP) is 5.28. The number of benzene rings is 2. The average Bonchev–Trinajstić information content (AvgIpc) is 3.59. The van der Waals surface area contributed by atoms with Gasteiger partial charge in [-0.1, -0.05) is 57.2 Å². The number of alkyl carbamates (subject to hydrolysis) is 1. The van der Waals surface area contributed by atoms with Gasteiger partial charge in [0, 0.05) is 24.4 Å². The third-order valence-corrected chi connectivity index (χ3v) is 8.60. The zero-order valence-electron chi connectivity index (χ0n) is 24.4. The number of hydrogen-bond donors (Lipinski definition) is 2. The molecule has 4 rings (SSSR count). The molecule has 2 amide bonds. The van der Waals surface area contributed by atoms with Crippen LogP contribution in [0.3, 0.4) is 0 Å². The highest BCUT2D eigenvalue weighted by Crippen LogP contribution is 2.47. The van der Waals surface area contributed by atoms with Crippen LogP contribution in [-0.2, 0) is 16.1 Å². The normalized spacial score (nSPS) is 22.7. The van der Waals surface area contributed by atoms with E-state index in [1.54, 1.807) is 18.9 Å². The van der Waals surface area contributed by atoms with Crippen molar-refractivity contribution in [2.75, 3.05) is 20.2 Å². The van der Waals surface area contributed by atoms with Crippen LogP contribution in [0.25, 0.3) is 0 Å². The van der Waals surface area contributed by atoms with E-state index in [4.69, 9.17) is 14.2 Å². The highest BCUT2D eigenvalue weighted by atomic mass is 16.5. The van der Waals surface area contributed by atoms with Gasteiger partial charge in [-0.05, 0) is 61.8 Å². The van der Waals surface area contributed by atoms with Crippen LogP contribution in [0, 0.1) is 11.3 Å². The summed E-state index contributed by atoms with van der Waals surface area (Å²) in [4.78, 5) is 28.2. The molecule has 1 aliphatic heterocycles. The lowest BCUT2D eigenvalue weighted by Crippen LogP contribution is -2.51. The van der Waals surface area contributed by atoms with Crippen molar-refractivity contribution in [3.05, 3.63) is 59.7 Å². The predicted molar refractivity (Wildman–Crippen MR) is 153 cm³/mol. The van der Waals surface area contributed by atoms with E-state index < -0.39 is 23.7 Å². The zero-order valence-corrected chi connectivity index (χ0v) is 24.4. The van der Waals surface area contributed by atoms with Crippen LogP contribution >= 0.6 is 0 Å². The molecule has 1 aliphatic carbocycles. The van der Waals surface area contributed by atoms with E-state index in [0.717, 1.165) is 36.8 Å². The summed E-state index contributed by atoms with van der Waals surface area (Å²) in [5, 5.41) is 13.7. The first kappa shape index (κ1) is 29.7. The van der Waals surface area contributed by atoms with Gasteiger partial charge in [-0.25, -0.2) is 4.79 Å². The molecule has 1 saturated carbocycles. The molecular formula is C32H44N2O6. The van der Waals surface area contributed by atoms with Crippen LogP contribution in [0.1, 0.15) is 70.4 Å². The quantitative estimate of drug-likeness (QED) is 0.416. The molecule has 0 unspecified atom stereocenters. The Morgan fingerprint density at radius 1 is 1.07 bits per heavy atom. The lowest BCUT2D eigenvalue weighted by atomic mass is 9.72. The van der Waals surface area contributed by atoms with Crippen LogP contribution in [-0.4, -0.2) is 60.5 Å². The first-order valence-corrected chi connectivity index (χ1v) is 14.4. The van der Waals surface area contributed by atoms with Crippen molar-refractivity contribution < 1.29 is 28.9 Å². The molecule has 218 valence electrons. The lowest BCUT2D eigenvalue weighted by molar-refractivity contribution is -0.134. The fourth-order valence-corrected chi connectivity index (χ4v) is 5.88. The van der Waals surface area contributed by atoms with Crippen LogP contribution in [0.4, 0.5) is 4.79 Å². The number of amides is 2. The first-order valence-electron chi connectivity index (χ1n) is 14.4. The van der Waals surface area contributed by atoms with Crippen LogP contribution in [0.2, 0.25) is 0 Å². The van der Waals surface area contributed by atoms with Crippen molar-refractivity contribution in [2.45, 2.75) is 84.2 Å². The summed E-state index contributed by atoms with van der Waals surface area (Å²) < 4.78 is 17.3. The first-order chi connectivity index (χ1) is 19.1. The number of rotatable bonds is 10. The van der Waals surface area contributed by atoms with E-state index >= 15 is 0 Å². The topological polar surface area (TPSA) is 97.3 Å². The molecule has 0 aromatic heterocycles. The van der Waals surface area contributed by atoms with E-state index in [0.29, 0.717) is 24.6 Å². The molecule has 8 nitrogen and oxygen atoms in total. The minimum absolute atomic E-state index is 0.125. The summed E-state index contributed by atoms with van der Waals surface area (Å²) in [6.45, 7) is 8.50. The summed E-state index contributed by atoms with van der Waals surface area (Å²) in [5.41, 5.74) is 1.27. The molecule has 40 heavy (non-hydrogen) atoms. The summed E-state index contributed by atoms with van der Waals surface area (Å²) in [5.74, 6) is 0.912. The number of ether oxygens (including phenoxy) is 3. The van der Waals surface area contributed by atoms with E-state index in [1.165, 1.54) is 0 Å². The van der Waals surface area contributed by atoms with Gasteiger partial charge < -0.3 is 29.5 Å². The Hall–Kier alpha value is -3.26. The van der Waals surface area contributed by atoms with Gasteiger partial charge in [-0.15, -0.1) is 0 Å². The number of nitrogens with zero attached hydrogens (tertiary/aromatic N) is 1. The number of carbonyl (C=O) groups is 2. The number of methoxy groups -OCH3 is 1. The van der Waals surface area contributed by atoms with E-state index in [1.807, 2.05) is 69.3 Å². The van der Waals surface area contributed by atoms with Crippen molar-refractivity contribution in [1.82, 2.24) is 10.2 Å². The third-order valence-electron chi connectivity index (χ3n) is 8.60. The fraction of sp³-hybridized carbons (Fsp3) is 0.562. The molecule has 2 N–H and O–H groups in total. The number of aliphatic hydroxyl groups is 1. The Kier molecular flexibility index (Phi) is 9.61. The van der Waals surface area contributed by atoms with Crippen molar-refractivity contribution in [2.24, 2.45) is 11.3 Å². The minimum Gasteiger partial charge on any atom is -0.493 e. The molecule has 1 saturated heterocycles. The molecule has 0 spiro atoms. The second-order valence-electron chi connectivity index (χ2n) is 11.8. The Bertz CT molecular complexity index is 1150. The van der Waals surface area contributed by atoms with E-state index in [-0.39, 0.29) is 30.5 Å². The van der Waals surface area contributed by atoms with Gasteiger partial charge in [0.2, 0.25) is 5.91 Å². The van der Waals surface area contributed by atoms with Crippen LogP contribution in [0.5, 0.6) is 11.5 Å². The van der Waals surface area contributed by atoms with Gasteiger partial charge in [0.15, 0.2) is 11.5 Å². The zero-order chi connectivity index (χ0) is 28.9. The highest BCUT2D eigenvalue weighted by Gasteiger charge is 2.49. The Balaban J connectivity index is 1.51. The van der Waals surface area contributed by atoms with Gasteiger partial charge in [-0.3, -0.25) is 4.79 Å². The standard InChI is InChI=1S/C32H44N2O6/c1-21(2)29(33-31(37)39-19-23-11-7-6-8-12-23)30(36)34-18-26(32(4,20-34)22(3)35)24-15-16-27(38-5)28(17-24)40-25-13-9-10-14-25/h6-8,11-12,15-17,21-22,25-26,29,35H,9-10,13-14,18-20H2,1-5H3,(H,33,37)/t22-,26+,29-,32+/m1/s1. The van der Waals surface area contributed by atoms with Crippen molar-refractivity contribution in [3.63, 3.8) is 0 Å². The van der Waals surface area contributed by atoms with Crippen molar-refractivity contribution in [1.29, 1.82) is 0 Å². The maximum absolute atomic E-state index is 13.8. The summed E-state index contributed by atoms with van der Waals surface area (Å²) in [6, 6.07) is 14.6. The number of hydrogen-bond acceptors (Lipinski definition) is 6. The van der Waals surface area contributed by atoms with Crippen LogP contribution in [0.15, 0.2) is 48.5 Å². The molecule has 4 atom stereocenters. The monoisotopic (exact) mass is 552 g/mol. The smallest absolute Gasteiger partial charge is 0.408 e. The second kappa shape index (κ2) is 12.9. The molecule has 1 heterocycles. The van der Waals surface area contributed by atoms with Gasteiger partial charge >= 0.3 is 6.09 Å². The van der Waals surface area contributed by atoms with Crippen molar-refractivity contribution in [3.8, 4) is 11.5 Å². The van der Waals surface area contributed by atoms with Crippen molar-refractivity contribution >= 4 is 12.0 Å². The average molecular weight is 553 g/mol. The van der Waals surface area contributed by atoms with Gasteiger partial charge in [0.1, 0.15) is 12.6 Å². The number of nitrogens with one attached hydrogen (secondary N) is 1. The maximum Gasteiger partial charge on any atom is 0.408 e. The number of likely N-dealkylation sites (tertiary alicyclic amines) is 1. The highest BCUT2D eigenvalue weighted by molar-refractivity contribution is 5.86. The van der Waals surface area contributed by atoms with Gasteiger partial charge in [0.05, 0.1) is 19.3 Å². The number of carbonyl (C=O) groups excluding carboxylic acids is 2. The van der Waals surface area contributed by atoms with Gasteiger partial charge in [-0.2, -0.15) is 0 Å². The van der Waals surface area contributed by atoms with E-state index in [9.17, 15) is 14.7 Å². The molecule has 0 bridgehead atoms. The third kappa shape index (κ3) is 6.72. The van der Waals surface area contributed by atoms with Crippen LogP contribution < -0.4 is 14.8 Å². The number of aliphatic hydroxyl groups excluding tert-OH is 1. The maximum atomic E-state index is 13.8. The summed E-state index contributed by atoms with van der Waals surface area (Å²) in [6.07, 6.45) is 3.26. The molecule has 2 fully saturated rings. The summed E-state index contributed by atoms with van der Waals surface area (Å²) >= 11 is 0. The Labute approximate surface area is 238 Å². The molecular weight excluding hydrogens is 508 g/mol. The SMILES string of the molecule is COc1ccc([C@@H]2CN(C(=O)[C@H](NC(=O)OCc3ccccc3)C(C)C)C[C@@]2(C)[C@@H](C)O)cc1OC1CCCC1.